The molecule has 0 heterocycles. The van der Waals surface area contributed by atoms with Gasteiger partial charge in [-0.15, -0.1) is 0 Å². The number of rotatable bonds is 8. The maximum Gasteiger partial charge on any atom is 0.264 e. The van der Waals surface area contributed by atoms with Gasteiger partial charge in [-0.3, -0.25) is 9.10 Å². The molecule has 0 aromatic heterocycles. The Morgan fingerprint density at radius 2 is 1.55 bits per heavy atom. The van der Waals surface area contributed by atoms with Crippen molar-refractivity contribution in [1.82, 2.24) is 5.32 Å². The molecule has 3 aromatic rings. The minimum Gasteiger partial charge on any atom is -0.497 e. The van der Waals surface area contributed by atoms with Crippen LogP contribution >= 0.6 is 0 Å². The lowest BCUT2D eigenvalue weighted by Gasteiger charge is -2.25. The van der Waals surface area contributed by atoms with E-state index in [0.717, 1.165) is 26.6 Å². The Balaban J connectivity index is 1.89. The molecule has 33 heavy (non-hydrogen) atoms. The number of ether oxygens (including phenoxy) is 1. The largest absolute Gasteiger partial charge is 0.497 e. The van der Waals surface area contributed by atoms with Gasteiger partial charge in [-0.05, 0) is 75.2 Å². The van der Waals surface area contributed by atoms with Crippen molar-refractivity contribution in [3.8, 4) is 5.75 Å². The summed E-state index contributed by atoms with van der Waals surface area (Å²) in [5.74, 6) is 0.163. The predicted octanol–water partition coefficient (Wildman–Crippen LogP) is 4.69. The van der Waals surface area contributed by atoms with Crippen LogP contribution in [0.15, 0.2) is 71.6 Å². The van der Waals surface area contributed by atoms with E-state index in [4.69, 9.17) is 4.74 Å². The highest BCUT2D eigenvalue weighted by Crippen LogP contribution is 2.26. The molecule has 1 amide bonds. The molecule has 3 aromatic carbocycles. The molecule has 3 rings (SSSR count). The second kappa shape index (κ2) is 10.1. The summed E-state index contributed by atoms with van der Waals surface area (Å²) >= 11 is 0. The highest BCUT2D eigenvalue weighted by Gasteiger charge is 2.28. The number of nitrogens with zero attached hydrogens (tertiary/aromatic N) is 1. The fraction of sp³-hybridized carbons (Fsp3) is 0.269. The van der Waals surface area contributed by atoms with Gasteiger partial charge in [0.25, 0.3) is 10.0 Å². The van der Waals surface area contributed by atoms with Crippen molar-refractivity contribution < 1.29 is 17.9 Å². The van der Waals surface area contributed by atoms with Crippen LogP contribution in [0.3, 0.4) is 0 Å². The third-order valence-corrected chi connectivity index (χ3v) is 7.31. The van der Waals surface area contributed by atoms with Gasteiger partial charge in [0.2, 0.25) is 5.91 Å². The van der Waals surface area contributed by atoms with Gasteiger partial charge < -0.3 is 10.1 Å². The standard InChI is InChI=1S/C26H30N2O4S/c1-18-6-9-22(10-7-18)28(33(30,31)24-13-11-23(32-5)12-14-24)17-26(29)27-21(4)25-15-8-19(2)16-20(25)3/h6-16,21H,17H2,1-5H3,(H,27,29)/t21-/m0/s1. The lowest BCUT2D eigenvalue weighted by Crippen LogP contribution is -2.41. The molecule has 0 radical (unpaired) electrons. The van der Waals surface area contributed by atoms with Gasteiger partial charge in [0.05, 0.1) is 23.7 Å². The molecule has 0 saturated carbocycles. The van der Waals surface area contributed by atoms with Gasteiger partial charge in [0.1, 0.15) is 12.3 Å². The number of hydrogen-bond acceptors (Lipinski definition) is 4. The molecule has 1 N–H and O–H groups in total. The van der Waals surface area contributed by atoms with E-state index < -0.39 is 10.0 Å². The molecule has 174 valence electrons. The van der Waals surface area contributed by atoms with Crippen LogP contribution in [0, 0.1) is 20.8 Å². The number of anilines is 1. The van der Waals surface area contributed by atoms with Gasteiger partial charge in [0.15, 0.2) is 0 Å². The highest BCUT2D eigenvalue weighted by molar-refractivity contribution is 7.92. The van der Waals surface area contributed by atoms with Crippen LogP contribution in [0.2, 0.25) is 0 Å². The number of carbonyl (C=O) groups is 1. The zero-order valence-electron chi connectivity index (χ0n) is 19.6. The Hall–Kier alpha value is -3.32. The summed E-state index contributed by atoms with van der Waals surface area (Å²) < 4.78 is 33.3. The van der Waals surface area contributed by atoms with Crippen molar-refractivity contribution in [2.75, 3.05) is 18.0 Å². The number of aryl methyl sites for hydroxylation is 3. The first-order valence-corrected chi connectivity index (χ1v) is 12.2. The Morgan fingerprint density at radius 1 is 0.939 bits per heavy atom. The van der Waals surface area contributed by atoms with E-state index in [1.54, 1.807) is 24.3 Å². The fourth-order valence-electron chi connectivity index (χ4n) is 3.71. The average Bonchev–Trinajstić information content (AvgIpc) is 2.78. The van der Waals surface area contributed by atoms with Crippen LogP contribution in [-0.2, 0) is 14.8 Å². The normalized spacial score (nSPS) is 12.2. The molecular weight excluding hydrogens is 436 g/mol. The lowest BCUT2D eigenvalue weighted by molar-refractivity contribution is -0.120. The van der Waals surface area contributed by atoms with E-state index in [2.05, 4.69) is 11.4 Å². The topological polar surface area (TPSA) is 75.7 Å². The highest BCUT2D eigenvalue weighted by atomic mass is 32.2. The summed E-state index contributed by atoms with van der Waals surface area (Å²) in [6.07, 6.45) is 0. The first kappa shape index (κ1) is 24.3. The summed E-state index contributed by atoms with van der Waals surface area (Å²) in [5.41, 5.74) is 4.63. The molecule has 0 bridgehead atoms. The maximum atomic E-state index is 13.5. The summed E-state index contributed by atoms with van der Waals surface area (Å²) in [4.78, 5) is 13.1. The van der Waals surface area contributed by atoms with E-state index >= 15 is 0 Å². The molecular formula is C26H30N2O4S. The summed E-state index contributed by atoms with van der Waals surface area (Å²) in [6.45, 7) is 7.49. The second-order valence-corrected chi connectivity index (χ2v) is 10.0. The fourth-order valence-corrected chi connectivity index (χ4v) is 5.13. The van der Waals surface area contributed by atoms with Crippen LogP contribution in [0.5, 0.6) is 5.75 Å². The van der Waals surface area contributed by atoms with Crippen LogP contribution in [0.4, 0.5) is 5.69 Å². The Labute approximate surface area is 196 Å². The molecule has 0 unspecified atom stereocenters. The Morgan fingerprint density at radius 3 is 2.12 bits per heavy atom. The molecule has 0 saturated heterocycles. The van der Waals surface area contributed by atoms with Crippen molar-refractivity contribution in [2.24, 2.45) is 0 Å². The number of hydrogen-bond donors (Lipinski definition) is 1. The summed E-state index contributed by atoms with van der Waals surface area (Å²) in [5, 5.41) is 2.94. The number of nitrogens with one attached hydrogen (secondary N) is 1. The van der Waals surface area contributed by atoms with E-state index in [9.17, 15) is 13.2 Å². The summed E-state index contributed by atoms with van der Waals surface area (Å²) in [7, 11) is -2.47. The van der Waals surface area contributed by atoms with Crippen LogP contribution in [0.1, 0.15) is 35.2 Å². The van der Waals surface area contributed by atoms with E-state index in [1.165, 1.54) is 19.2 Å². The monoisotopic (exact) mass is 466 g/mol. The Bertz CT molecular complexity index is 1220. The minimum absolute atomic E-state index is 0.0825. The predicted molar refractivity (Wildman–Crippen MR) is 131 cm³/mol. The van der Waals surface area contributed by atoms with E-state index in [0.29, 0.717) is 11.4 Å². The number of sulfonamides is 1. The van der Waals surface area contributed by atoms with Crippen molar-refractivity contribution in [1.29, 1.82) is 0 Å². The molecule has 0 spiro atoms. The minimum atomic E-state index is -3.98. The number of amides is 1. The van der Waals surface area contributed by atoms with Crippen molar-refractivity contribution in [3.05, 3.63) is 89.0 Å². The Kier molecular flexibility index (Phi) is 7.43. The van der Waals surface area contributed by atoms with Crippen LogP contribution in [0.25, 0.3) is 0 Å². The number of benzene rings is 3. The second-order valence-electron chi connectivity index (χ2n) is 8.17. The first-order valence-electron chi connectivity index (χ1n) is 10.7. The van der Waals surface area contributed by atoms with E-state index in [1.807, 2.05) is 52.0 Å². The molecule has 0 aliphatic heterocycles. The van der Waals surface area contributed by atoms with Crippen molar-refractivity contribution in [2.45, 2.75) is 38.6 Å². The SMILES string of the molecule is COc1ccc(S(=O)(=O)N(CC(=O)N[C@@H](C)c2ccc(C)cc2C)c2ccc(C)cc2)cc1. The zero-order chi connectivity index (χ0) is 24.2. The van der Waals surface area contributed by atoms with Gasteiger partial charge in [0, 0.05) is 0 Å². The average molecular weight is 467 g/mol. The molecule has 1 atom stereocenters. The van der Waals surface area contributed by atoms with Gasteiger partial charge >= 0.3 is 0 Å². The maximum absolute atomic E-state index is 13.5. The van der Waals surface area contributed by atoms with Gasteiger partial charge in [-0.25, -0.2) is 8.42 Å². The third-order valence-electron chi connectivity index (χ3n) is 5.53. The third kappa shape index (κ3) is 5.73. The molecule has 0 aliphatic carbocycles. The quantitative estimate of drug-likeness (QED) is 0.522. The zero-order valence-corrected chi connectivity index (χ0v) is 20.4. The van der Waals surface area contributed by atoms with Gasteiger partial charge in [-0.2, -0.15) is 0 Å². The van der Waals surface area contributed by atoms with Crippen molar-refractivity contribution >= 4 is 21.6 Å². The molecule has 0 aliphatic rings. The van der Waals surface area contributed by atoms with E-state index in [-0.39, 0.29) is 23.4 Å². The number of methoxy groups -OCH3 is 1. The van der Waals surface area contributed by atoms with Crippen molar-refractivity contribution in [3.63, 3.8) is 0 Å². The van der Waals surface area contributed by atoms with Crippen LogP contribution < -0.4 is 14.4 Å². The first-order chi connectivity index (χ1) is 15.6. The number of carbonyl (C=O) groups excluding carboxylic acids is 1. The summed E-state index contributed by atoms with van der Waals surface area (Å²) in [6, 6.07) is 19.0. The van der Waals surface area contributed by atoms with Crippen LogP contribution in [-0.4, -0.2) is 28.0 Å². The smallest absolute Gasteiger partial charge is 0.264 e. The molecule has 7 heteroatoms. The van der Waals surface area contributed by atoms with Gasteiger partial charge in [-0.1, -0.05) is 41.5 Å². The lowest BCUT2D eigenvalue weighted by atomic mass is 10.0. The molecule has 0 fully saturated rings. The molecule has 6 nitrogen and oxygen atoms in total.